The molecule has 21 heavy (non-hydrogen) atoms. The summed E-state index contributed by atoms with van der Waals surface area (Å²) < 4.78 is 10.5. The Bertz CT molecular complexity index is 476. The van der Waals surface area contributed by atoms with Gasteiger partial charge < -0.3 is 19.5 Å². The first-order valence-electron chi connectivity index (χ1n) is 6.94. The summed E-state index contributed by atoms with van der Waals surface area (Å²) in [6.07, 6.45) is 0.919. The molecule has 1 atom stereocenters. The average molecular weight is 293 g/mol. The van der Waals surface area contributed by atoms with Crippen LogP contribution in [0.5, 0.6) is 0 Å². The first-order valence-corrected chi connectivity index (χ1v) is 6.94. The molecule has 0 radical (unpaired) electrons. The van der Waals surface area contributed by atoms with Gasteiger partial charge in [-0.15, -0.1) is 0 Å². The van der Waals surface area contributed by atoms with Crippen molar-refractivity contribution in [2.45, 2.75) is 25.6 Å². The lowest BCUT2D eigenvalue weighted by atomic mass is 10.1. The van der Waals surface area contributed by atoms with Crippen molar-refractivity contribution in [2.24, 2.45) is 0 Å². The molecule has 0 spiro atoms. The maximum atomic E-state index is 12.0. The molecule has 114 valence electrons. The zero-order valence-corrected chi connectivity index (χ0v) is 11.7. The number of aliphatic carboxylic acids is 1. The molecule has 1 fully saturated rings. The van der Waals surface area contributed by atoms with Crippen LogP contribution in [0.25, 0.3) is 0 Å². The van der Waals surface area contributed by atoms with E-state index in [1.54, 1.807) is 4.90 Å². The molecular weight excluding hydrogens is 274 g/mol. The Kier molecular flexibility index (Phi) is 5.57. The van der Waals surface area contributed by atoms with Gasteiger partial charge >= 0.3 is 12.1 Å². The van der Waals surface area contributed by atoms with Gasteiger partial charge in [0.25, 0.3) is 0 Å². The molecule has 1 aliphatic heterocycles. The van der Waals surface area contributed by atoms with Crippen molar-refractivity contribution in [1.82, 2.24) is 4.90 Å². The number of amides is 1. The average Bonchev–Trinajstić information content (AvgIpc) is 2.52. The van der Waals surface area contributed by atoms with E-state index in [2.05, 4.69) is 0 Å². The standard InChI is InChI=1S/C15H19NO5/c17-14(18)11-20-13-7-4-8-16(9-13)15(19)21-10-12-5-2-1-3-6-12/h1-3,5-6,13H,4,7-11H2,(H,17,18)/t13-/m1/s1. The predicted molar refractivity (Wildman–Crippen MR) is 74.8 cm³/mol. The summed E-state index contributed by atoms with van der Waals surface area (Å²) in [6, 6.07) is 9.46. The largest absolute Gasteiger partial charge is 0.480 e. The first-order chi connectivity index (χ1) is 10.1. The van der Waals surface area contributed by atoms with Gasteiger partial charge in [-0.3, -0.25) is 0 Å². The van der Waals surface area contributed by atoms with Gasteiger partial charge in [0.2, 0.25) is 0 Å². The number of piperidine rings is 1. The van der Waals surface area contributed by atoms with Crippen LogP contribution < -0.4 is 0 Å². The highest BCUT2D eigenvalue weighted by Crippen LogP contribution is 2.14. The van der Waals surface area contributed by atoms with E-state index in [9.17, 15) is 9.59 Å². The maximum absolute atomic E-state index is 12.0. The Morgan fingerprint density at radius 3 is 2.76 bits per heavy atom. The van der Waals surface area contributed by atoms with Gasteiger partial charge in [-0.25, -0.2) is 9.59 Å². The fourth-order valence-electron chi connectivity index (χ4n) is 2.24. The molecule has 1 aromatic rings. The van der Waals surface area contributed by atoms with Gasteiger partial charge in [0.05, 0.1) is 12.6 Å². The van der Waals surface area contributed by atoms with Gasteiger partial charge in [-0.05, 0) is 18.4 Å². The highest BCUT2D eigenvalue weighted by molar-refractivity contribution is 5.68. The van der Waals surface area contributed by atoms with E-state index in [0.717, 1.165) is 18.4 Å². The van der Waals surface area contributed by atoms with Crippen LogP contribution >= 0.6 is 0 Å². The van der Waals surface area contributed by atoms with E-state index in [1.165, 1.54) is 0 Å². The Hall–Kier alpha value is -2.08. The summed E-state index contributed by atoms with van der Waals surface area (Å²) in [4.78, 5) is 24.0. The first kappa shape index (κ1) is 15.3. The second-order valence-electron chi connectivity index (χ2n) is 4.96. The van der Waals surface area contributed by atoms with Crippen LogP contribution in [0.2, 0.25) is 0 Å². The summed E-state index contributed by atoms with van der Waals surface area (Å²) in [5.74, 6) is -1.00. The van der Waals surface area contributed by atoms with Crippen molar-refractivity contribution in [3.05, 3.63) is 35.9 Å². The second-order valence-corrected chi connectivity index (χ2v) is 4.96. The number of nitrogens with zero attached hydrogens (tertiary/aromatic N) is 1. The minimum Gasteiger partial charge on any atom is -0.480 e. The number of hydrogen-bond acceptors (Lipinski definition) is 4. The summed E-state index contributed by atoms with van der Waals surface area (Å²) in [5, 5.41) is 8.60. The van der Waals surface area contributed by atoms with Crippen LogP contribution in [0.3, 0.4) is 0 Å². The summed E-state index contributed by atoms with van der Waals surface area (Å²) in [5.41, 5.74) is 0.932. The molecule has 1 aliphatic rings. The van der Waals surface area contributed by atoms with E-state index in [1.807, 2.05) is 30.3 Å². The molecule has 6 heteroatoms. The number of rotatable bonds is 5. The molecule has 1 amide bonds. The Morgan fingerprint density at radius 2 is 2.05 bits per heavy atom. The van der Waals surface area contributed by atoms with Crippen LogP contribution in [0.15, 0.2) is 30.3 Å². The van der Waals surface area contributed by atoms with E-state index >= 15 is 0 Å². The third kappa shape index (κ3) is 5.07. The van der Waals surface area contributed by atoms with Gasteiger partial charge in [0.1, 0.15) is 13.2 Å². The summed E-state index contributed by atoms with van der Waals surface area (Å²) in [7, 11) is 0. The lowest BCUT2D eigenvalue weighted by Gasteiger charge is -2.31. The van der Waals surface area contributed by atoms with Crippen LogP contribution in [-0.4, -0.2) is 47.9 Å². The van der Waals surface area contributed by atoms with Gasteiger partial charge in [0, 0.05) is 6.54 Å². The third-order valence-corrected chi connectivity index (χ3v) is 3.28. The van der Waals surface area contributed by atoms with E-state index in [0.29, 0.717) is 13.1 Å². The quantitative estimate of drug-likeness (QED) is 0.897. The minimum atomic E-state index is -1.00. The summed E-state index contributed by atoms with van der Waals surface area (Å²) >= 11 is 0. The monoisotopic (exact) mass is 293 g/mol. The van der Waals surface area contributed by atoms with Crippen molar-refractivity contribution in [2.75, 3.05) is 19.7 Å². The molecule has 1 saturated heterocycles. The summed E-state index contributed by atoms with van der Waals surface area (Å²) in [6.45, 7) is 0.885. The van der Waals surface area contributed by atoms with Crippen molar-refractivity contribution in [3.63, 3.8) is 0 Å². The molecule has 0 saturated carbocycles. The van der Waals surface area contributed by atoms with Crippen LogP contribution in [0.4, 0.5) is 4.79 Å². The fraction of sp³-hybridized carbons (Fsp3) is 0.467. The minimum absolute atomic E-state index is 0.233. The fourth-order valence-corrected chi connectivity index (χ4v) is 2.24. The van der Waals surface area contributed by atoms with Gasteiger partial charge in [0.15, 0.2) is 0 Å². The zero-order chi connectivity index (χ0) is 15.1. The zero-order valence-electron chi connectivity index (χ0n) is 11.7. The molecule has 1 heterocycles. The van der Waals surface area contributed by atoms with Gasteiger partial charge in [-0.2, -0.15) is 0 Å². The number of ether oxygens (including phenoxy) is 2. The highest BCUT2D eigenvalue weighted by atomic mass is 16.6. The van der Waals surface area contributed by atoms with Crippen molar-refractivity contribution in [3.8, 4) is 0 Å². The van der Waals surface area contributed by atoms with Crippen molar-refractivity contribution in [1.29, 1.82) is 0 Å². The lowest BCUT2D eigenvalue weighted by Crippen LogP contribution is -2.43. The van der Waals surface area contributed by atoms with Crippen LogP contribution in [0.1, 0.15) is 18.4 Å². The van der Waals surface area contributed by atoms with Gasteiger partial charge in [-0.1, -0.05) is 30.3 Å². The van der Waals surface area contributed by atoms with E-state index in [-0.39, 0.29) is 25.4 Å². The number of carboxylic acid groups (broad SMARTS) is 1. The topological polar surface area (TPSA) is 76.1 Å². The van der Waals surface area contributed by atoms with E-state index in [4.69, 9.17) is 14.6 Å². The number of carboxylic acids is 1. The predicted octanol–water partition coefficient (Wildman–Crippen LogP) is 1.89. The van der Waals surface area contributed by atoms with Crippen molar-refractivity contribution >= 4 is 12.1 Å². The smallest absolute Gasteiger partial charge is 0.410 e. The highest BCUT2D eigenvalue weighted by Gasteiger charge is 2.25. The van der Waals surface area contributed by atoms with Crippen LogP contribution in [0, 0.1) is 0 Å². The normalized spacial score (nSPS) is 18.3. The molecule has 1 aromatic carbocycles. The number of carbonyl (C=O) groups excluding carboxylic acids is 1. The van der Waals surface area contributed by atoms with E-state index < -0.39 is 5.97 Å². The lowest BCUT2D eigenvalue weighted by molar-refractivity contribution is -0.145. The second kappa shape index (κ2) is 7.64. The molecular formula is C15H19NO5. The molecule has 0 unspecified atom stereocenters. The Morgan fingerprint density at radius 1 is 1.29 bits per heavy atom. The third-order valence-electron chi connectivity index (χ3n) is 3.28. The molecule has 1 N–H and O–H groups in total. The number of carbonyl (C=O) groups is 2. The molecule has 6 nitrogen and oxygen atoms in total. The molecule has 0 aliphatic carbocycles. The Labute approximate surface area is 123 Å². The number of benzene rings is 1. The SMILES string of the molecule is O=C(O)CO[C@@H]1CCCN(C(=O)OCc2ccccc2)C1. The molecule has 2 rings (SSSR count). The number of likely N-dealkylation sites (tertiary alicyclic amines) is 1. The number of hydrogen-bond donors (Lipinski definition) is 1. The maximum Gasteiger partial charge on any atom is 0.410 e. The molecule has 0 aromatic heterocycles. The van der Waals surface area contributed by atoms with Crippen LogP contribution in [-0.2, 0) is 20.9 Å². The van der Waals surface area contributed by atoms with Crippen molar-refractivity contribution < 1.29 is 24.2 Å². The molecule has 0 bridgehead atoms. The Balaban J connectivity index is 1.77.